The van der Waals surface area contributed by atoms with E-state index in [0.717, 1.165) is 0 Å². The van der Waals surface area contributed by atoms with Crippen LogP contribution in [0.2, 0.25) is 10.0 Å². The number of nitrogens with two attached hydrogens (primary N) is 1. The summed E-state index contributed by atoms with van der Waals surface area (Å²) in [6.07, 6.45) is 0. The molecule has 19 heavy (non-hydrogen) atoms. The average molecular weight is 329 g/mol. The van der Waals surface area contributed by atoms with Crippen LogP contribution in [0.3, 0.4) is 0 Å². The number of anilines is 1. The van der Waals surface area contributed by atoms with Gasteiger partial charge in [-0.3, -0.25) is 0 Å². The summed E-state index contributed by atoms with van der Waals surface area (Å²) in [6.45, 7) is 0.295. The van der Waals surface area contributed by atoms with Gasteiger partial charge in [0.1, 0.15) is 4.90 Å². The van der Waals surface area contributed by atoms with Crippen molar-refractivity contribution in [2.45, 2.75) is 17.4 Å². The molecule has 1 aromatic rings. The largest absolute Gasteiger partial charge is 0.399 e. The lowest BCUT2D eigenvalue weighted by molar-refractivity contribution is 0.00681. The number of hydrogen-bond donors (Lipinski definition) is 4. The fraction of sp³-hybridized carbons (Fsp3) is 0.400. The molecular formula is C10H14Cl2N2O4S. The standard InChI is InChI=1S/C10H14Cl2N2O4S/c1-10(16,5-15)4-14-19(17,18)9-7(11)2-6(13)3-8(9)12/h2-3,14-16H,4-5,13H2,1H3. The summed E-state index contributed by atoms with van der Waals surface area (Å²) in [4.78, 5) is -0.321. The molecule has 5 N–H and O–H groups in total. The van der Waals surface area contributed by atoms with Crippen LogP contribution in [0.25, 0.3) is 0 Å². The fourth-order valence-corrected chi connectivity index (χ4v) is 3.60. The Hall–Kier alpha value is -0.570. The summed E-state index contributed by atoms with van der Waals surface area (Å²) in [7, 11) is -4.02. The molecule has 6 nitrogen and oxygen atoms in total. The molecule has 1 aromatic carbocycles. The third-order valence-electron chi connectivity index (χ3n) is 2.27. The van der Waals surface area contributed by atoms with E-state index in [-0.39, 0.29) is 27.2 Å². The van der Waals surface area contributed by atoms with Crippen molar-refractivity contribution in [3.63, 3.8) is 0 Å². The molecule has 0 fully saturated rings. The van der Waals surface area contributed by atoms with E-state index in [0.29, 0.717) is 0 Å². The van der Waals surface area contributed by atoms with E-state index in [4.69, 9.17) is 34.0 Å². The molecule has 0 saturated heterocycles. The number of hydrogen-bond acceptors (Lipinski definition) is 5. The van der Waals surface area contributed by atoms with Crippen molar-refractivity contribution in [3.05, 3.63) is 22.2 Å². The van der Waals surface area contributed by atoms with E-state index in [9.17, 15) is 13.5 Å². The topological polar surface area (TPSA) is 113 Å². The van der Waals surface area contributed by atoms with Crippen LogP contribution in [0.4, 0.5) is 5.69 Å². The highest BCUT2D eigenvalue weighted by Gasteiger charge is 2.26. The van der Waals surface area contributed by atoms with E-state index < -0.39 is 22.2 Å². The predicted octanol–water partition coefficient (Wildman–Crippen LogP) is 0.597. The van der Waals surface area contributed by atoms with Gasteiger partial charge >= 0.3 is 0 Å². The Kier molecular flexibility index (Phi) is 5.05. The Morgan fingerprint density at radius 2 is 1.84 bits per heavy atom. The number of benzene rings is 1. The zero-order valence-electron chi connectivity index (χ0n) is 10.0. The maximum Gasteiger partial charge on any atom is 0.243 e. The van der Waals surface area contributed by atoms with Gasteiger partial charge in [-0.2, -0.15) is 0 Å². The van der Waals surface area contributed by atoms with Crippen LogP contribution in [0.15, 0.2) is 17.0 Å². The Morgan fingerprint density at radius 3 is 2.26 bits per heavy atom. The summed E-state index contributed by atoms with van der Waals surface area (Å²) >= 11 is 11.6. The summed E-state index contributed by atoms with van der Waals surface area (Å²) in [6, 6.07) is 2.51. The quantitative estimate of drug-likeness (QED) is 0.591. The van der Waals surface area contributed by atoms with Crippen LogP contribution in [0.5, 0.6) is 0 Å². The number of aliphatic hydroxyl groups is 2. The van der Waals surface area contributed by atoms with Crippen molar-refractivity contribution in [2.75, 3.05) is 18.9 Å². The molecule has 1 rings (SSSR count). The maximum atomic E-state index is 12.0. The normalized spacial score (nSPS) is 15.2. The first-order valence-corrected chi connectivity index (χ1v) is 7.40. The molecule has 0 aromatic heterocycles. The second-order valence-corrected chi connectivity index (χ2v) is 6.81. The van der Waals surface area contributed by atoms with Gasteiger partial charge in [-0.25, -0.2) is 13.1 Å². The van der Waals surface area contributed by atoms with Gasteiger partial charge in [-0.1, -0.05) is 23.2 Å². The maximum absolute atomic E-state index is 12.0. The third kappa shape index (κ3) is 4.20. The number of nitrogens with one attached hydrogen (secondary N) is 1. The molecule has 108 valence electrons. The van der Waals surface area contributed by atoms with Gasteiger partial charge in [0, 0.05) is 12.2 Å². The molecule has 0 aliphatic rings. The predicted molar refractivity (Wildman–Crippen MR) is 73.8 cm³/mol. The van der Waals surface area contributed by atoms with Crippen molar-refractivity contribution in [1.29, 1.82) is 0 Å². The number of halogens is 2. The van der Waals surface area contributed by atoms with Gasteiger partial charge in [0.05, 0.1) is 22.3 Å². The van der Waals surface area contributed by atoms with E-state index in [1.165, 1.54) is 19.1 Å². The van der Waals surface area contributed by atoms with Crippen LogP contribution < -0.4 is 10.5 Å². The van der Waals surface area contributed by atoms with Crippen LogP contribution in [-0.2, 0) is 10.0 Å². The highest BCUT2D eigenvalue weighted by molar-refractivity contribution is 7.89. The molecule has 0 radical (unpaired) electrons. The van der Waals surface area contributed by atoms with E-state index >= 15 is 0 Å². The van der Waals surface area contributed by atoms with Crippen molar-refractivity contribution in [2.24, 2.45) is 0 Å². The average Bonchev–Trinajstić information content (AvgIpc) is 2.25. The first-order valence-electron chi connectivity index (χ1n) is 5.16. The van der Waals surface area contributed by atoms with Gasteiger partial charge in [0.2, 0.25) is 10.0 Å². The Morgan fingerprint density at radius 1 is 1.37 bits per heavy atom. The Labute approximate surface area is 121 Å². The molecule has 0 heterocycles. The van der Waals surface area contributed by atoms with Gasteiger partial charge < -0.3 is 15.9 Å². The van der Waals surface area contributed by atoms with E-state index in [2.05, 4.69) is 4.72 Å². The number of rotatable bonds is 5. The number of aliphatic hydroxyl groups excluding tert-OH is 1. The minimum atomic E-state index is -4.02. The monoisotopic (exact) mass is 328 g/mol. The molecule has 0 amide bonds. The zero-order valence-corrected chi connectivity index (χ0v) is 12.3. The molecule has 9 heteroatoms. The van der Waals surface area contributed by atoms with Gasteiger partial charge in [0.15, 0.2) is 0 Å². The lowest BCUT2D eigenvalue weighted by atomic mass is 10.1. The second-order valence-electron chi connectivity index (χ2n) is 4.29. The molecule has 0 saturated carbocycles. The van der Waals surface area contributed by atoms with Crippen molar-refractivity contribution < 1.29 is 18.6 Å². The molecule has 1 atom stereocenters. The highest BCUT2D eigenvalue weighted by Crippen LogP contribution is 2.31. The lowest BCUT2D eigenvalue weighted by Gasteiger charge is -2.21. The summed E-state index contributed by atoms with van der Waals surface area (Å²) in [5.74, 6) is 0. The SMILES string of the molecule is CC(O)(CO)CNS(=O)(=O)c1c(Cl)cc(N)cc1Cl. The van der Waals surface area contributed by atoms with Gasteiger partial charge in [-0.15, -0.1) is 0 Å². The van der Waals surface area contributed by atoms with E-state index in [1.54, 1.807) is 0 Å². The number of sulfonamides is 1. The molecule has 1 unspecified atom stereocenters. The molecular weight excluding hydrogens is 315 g/mol. The van der Waals surface area contributed by atoms with Crippen LogP contribution in [0, 0.1) is 0 Å². The van der Waals surface area contributed by atoms with Crippen LogP contribution >= 0.6 is 23.2 Å². The summed E-state index contributed by atoms with van der Waals surface area (Å²) in [5.41, 5.74) is 4.13. The number of nitrogen functional groups attached to an aromatic ring is 1. The van der Waals surface area contributed by atoms with Gasteiger partial charge in [0.25, 0.3) is 0 Å². The minimum Gasteiger partial charge on any atom is -0.399 e. The fourth-order valence-electron chi connectivity index (χ4n) is 1.21. The van der Waals surface area contributed by atoms with Crippen LogP contribution in [-0.4, -0.2) is 37.4 Å². The second kappa shape index (κ2) is 5.82. The highest BCUT2D eigenvalue weighted by atomic mass is 35.5. The van der Waals surface area contributed by atoms with Gasteiger partial charge in [-0.05, 0) is 19.1 Å². The lowest BCUT2D eigenvalue weighted by Crippen LogP contribution is -2.43. The molecule has 0 spiro atoms. The van der Waals surface area contributed by atoms with Crippen LogP contribution in [0.1, 0.15) is 6.92 Å². The van der Waals surface area contributed by atoms with Crippen molar-refractivity contribution in [3.8, 4) is 0 Å². The minimum absolute atomic E-state index is 0.124. The molecule has 0 bridgehead atoms. The summed E-state index contributed by atoms with van der Waals surface area (Å²) < 4.78 is 26.2. The zero-order chi connectivity index (χ0) is 14.8. The van der Waals surface area contributed by atoms with Crippen molar-refractivity contribution >= 4 is 38.9 Å². The Balaban J connectivity index is 3.09. The summed E-state index contributed by atoms with van der Waals surface area (Å²) in [5, 5.41) is 18.2. The Bertz CT molecular complexity index is 552. The first-order chi connectivity index (χ1) is 8.59. The van der Waals surface area contributed by atoms with E-state index in [1.807, 2.05) is 0 Å². The third-order valence-corrected chi connectivity index (χ3v) is 4.59. The first kappa shape index (κ1) is 16.5. The smallest absolute Gasteiger partial charge is 0.243 e. The van der Waals surface area contributed by atoms with Crippen molar-refractivity contribution in [1.82, 2.24) is 4.72 Å². The molecule has 0 aliphatic carbocycles. The molecule has 0 aliphatic heterocycles.